The molecule has 1 aromatic heterocycles. The minimum Gasteiger partial charge on any atom is -0.475 e. The summed E-state index contributed by atoms with van der Waals surface area (Å²) in [5.74, 6) is -1.69. The number of hydrogen-bond donors (Lipinski definition) is 2. The van der Waals surface area contributed by atoms with Crippen molar-refractivity contribution in [3.05, 3.63) is 17.6 Å². The van der Waals surface area contributed by atoms with Crippen LogP contribution in [0, 0.1) is 6.92 Å². The van der Waals surface area contributed by atoms with Crippen LogP contribution in [0.4, 0.5) is 0 Å². The number of ether oxygens (including phenoxy) is 1. The predicted molar refractivity (Wildman–Crippen MR) is 57.5 cm³/mol. The minimum atomic E-state index is -3.76. The van der Waals surface area contributed by atoms with E-state index in [1.165, 1.54) is 14.0 Å². The molecule has 96 valence electrons. The van der Waals surface area contributed by atoms with E-state index >= 15 is 0 Å². The predicted octanol–water partition coefficient (Wildman–Crippen LogP) is 0.211. The first-order valence-electron chi connectivity index (χ1n) is 4.71. The summed E-state index contributed by atoms with van der Waals surface area (Å²) >= 11 is 0. The summed E-state index contributed by atoms with van der Waals surface area (Å²) in [6.07, 6.45) is 0. The molecule has 7 nitrogen and oxygen atoms in total. The second-order valence-electron chi connectivity index (χ2n) is 3.23. The largest absolute Gasteiger partial charge is 0.475 e. The monoisotopic (exact) mass is 263 g/mol. The fourth-order valence-electron chi connectivity index (χ4n) is 1.19. The smallest absolute Gasteiger partial charge is 0.371 e. The third kappa shape index (κ3) is 3.29. The second-order valence-corrected chi connectivity index (χ2v) is 4.96. The van der Waals surface area contributed by atoms with Gasteiger partial charge in [0.05, 0.1) is 6.61 Å². The van der Waals surface area contributed by atoms with Crippen LogP contribution in [0.1, 0.15) is 16.3 Å². The normalized spacial score (nSPS) is 11.6. The van der Waals surface area contributed by atoms with E-state index in [2.05, 4.69) is 4.72 Å². The zero-order valence-corrected chi connectivity index (χ0v) is 10.2. The number of hydrogen-bond acceptors (Lipinski definition) is 5. The van der Waals surface area contributed by atoms with Gasteiger partial charge in [-0.3, -0.25) is 0 Å². The molecule has 1 aromatic rings. The van der Waals surface area contributed by atoms with Gasteiger partial charge in [-0.15, -0.1) is 0 Å². The summed E-state index contributed by atoms with van der Waals surface area (Å²) in [7, 11) is -2.32. The highest BCUT2D eigenvalue weighted by molar-refractivity contribution is 7.89. The molecule has 0 spiro atoms. The lowest BCUT2D eigenvalue weighted by molar-refractivity contribution is 0.0661. The van der Waals surface area contributed by atoms with Gasteiger partial charge in [-0.2, -0.15) is 0 Å². The number of rotatable bonds is 6. The van der Waals surface area contributed by atoms with Crippen LogP contribution in [0.25, 0.3) is 0 Å². The third-order valence-corrected chi connectivity index (χ3v) is 3.54. The van der Waals surface area contributed by atoms with Crippen molar-refractivity contribution < 1.29 is 27.5 Å². The summed E-state index contributed by atoms with van der Waals surface area (Å²) < 4.78 is 35.3. The third-order valence-electron chi connectivity index (χ3n) is 1.97. The van der Waals surface area contributed by atoms with E-state index < -0.39 is 21.8 Å². The summed E-state index contributed by atoms with van der Waals surface area (Å²) in [5, 5.41) is 8.67. The van der Waals surface area contributed by atoms with Crippen molar-refractivity contribution in [2.45, 2.75) is 11.8 Å². The van der Waals surface area contributed by atoms with Gasteiger partial charge in [-0.05, 0) is 6.92 Å². The highest BCUT2D eigenvalue weighted by Crippen LogP contribution is 2.19. The molecule has 0 saturated heterocycles. The molecule has 0 bridgehead atoms. The fraction of sp³-hybridized carbons (Fsp3) is 0.444. The van der Waals surface area contributed by atoms with E-state index in [9.17, 15) is 13.2 Å². The molecule has 0 aromatic carbocycles. The Labute approximate surface area is 98.4 Å². The number of furan rings is 1. The molecular formula is C9H13NO6S. The molecule has 0 aliphatic carbocycles. The average Bonchev–Trinajstić information content (AvgIpc) is 2.61. The van der Waals surface area contributed by atoms with E-state index in [0.717, 1.165) is 6.07 Å². The van der Waals surface area contributed by atoms with Crippen LogP contribution in [0.2, 0.25) is 0 Å². The molecule has 0 aliphatic heterocycles. The van der Waals surface area contributed by atoms with E-state index in [-0.39, 0.29) is 23.8 Å². The Morgan fingerprint density at radius 1 is 1.59 bits per heavy atom. The maximum atomic E-state index is 11.7. The van der Waals surface area contributed by atoms with Gasteiger partial charge in [0.25, 0.3) is 0 Å². The van der Waals surface area contributed by atoms with Crippen LogP contribution < -0.4 is 4.72 Å². The maximum Gasteiger partial charge on any atom is 0.371 e. The lowest BCUT2D eigenvalue weighted by Gasteiger charge is -2.04. The Morgan fingerprint density at radius 3 is 2.71 bits per heavy atom. The van der Waals surface area contributed by atoms with Gasteiger partial charge in [0.1, 0.15) is 10.7 Å². The van der Waals surface area contributed by atoms with Crippen LogP contribution in [0.15, 0.2) is 15.4 Å². The SMILES string of the molecule is COCCNS(=O)(=O)c1cc(C(=O)O)oc1C. The number of aryl methyl sites for hydroxylation is 1. The number of carboxylic acid groups (broad SMARTS) is 1. The Bertz CT molecular complexity index is 504. The van der Waals surface area contributed by atoms with Crippen LogP contribution >= 0.6 is 0 Å². The summed E-state index contributed by atoms with van der Waals surface area (Å²) in [6.45, 7) is 1.71. The van der Waals surface area contributed by atoms with Crippen LogP contribution in [-0.4, -0.2) is 39.8 Å². The standard InChI is InChI=1S/C9H13NO6S/c1-6-8(5-7(16-6)9(11)12)17(13,14)10-3-4-15-2/h5,10H,3-4H2,1-2H3,(H,11,12). The lowest BCUT2D eigenvalue weighted by Crippen LogP contribution is -2.27. The second kappa shape index (κ2) is 5.30. The highest BCUT2D eigenvalue weighted by atomic mass is 32.2. The molecule has 1 heterocycles. The number of methoxy groups -OCH3 is 1. The van der Waals surface area contributed by atoms with E-state index in [1.807, 2.05) is 0 Å². The van der Waals surface area contributed by atoms with Crippen LogP contribution in [0.5, 0.6) is 0 Å². The van der Waals surface area contributed by atoms with E-state index in [0.29, 0.717) is 0 Å². The van der Waals surface area contributed by atoms with Crippen molar-refractivity contribution >= 4 is 16.0 Å². The van der Waals surface area contributed by atoms with Gasteiger partial charge in [-0.1, -0.05) is 0 Å². The molecule has 17 heavy (non-hydrogen) atoms. The van der Waals surface area contributed by atoms with Crippen molar-refractivity contribution in [3.63, 3.8) is 0 Å². The molecule has 0 unspecified atom stereocenters. The van der Waals surface area contributed by atoms with Gasteiger partial charge in [0.15, 0.2) is 0 Å². The number of nitrogens with one attached hydrogen (secondary N) is 1. The first-order chi connectivity index (χ1) is 7.88. The molecule has 8 heteroatoms. The van der Waals surface area contributed by atoms with Gasteiger partial charge < -0.3 is 14.3 Å². The van der Waals surface area contributed by atoms with Crippen LogP contribution in [0.3, 0.4) is 0 Å². The average molecular weight is 263 g/mol. The van der Waals surface area contributed by atoms with Crippen molar-refractivity contribution in [1.82, 2.24) is 4.72 Å². The Morgan fingerprint density at radius 2 is 2.24 bits per heavy atom. The Balaban J connectivity index is 2.95. The number of carbonyl (C=O) groups is 1. The van der Waals surface area contributed by atoms with Crippen molar-refractivity contribution in [1.29, 1.82) is 0 Å². The molecular weight excluding hydrogens is 250 g/mol. The van der Waals surface area contributed by atoms with E-state index in [4.69, 9.17) is 14.3 Å². The molecule has 0 amide bonds. The number of aromatic carboxylic acids is 1. The van der Waals surface area contributed by atoms with Gasteiger partial charge >= 0.3 is 5.97 Å². The topological polar surface area (TPSA) is 106 Å². The summed E-state index contributed by atoms with van der Waals surface area (Å²) in [4.78, 5) is 10.4. The first-order valence-corrected chi connectivity index (χ1v) is 6.19. The fourth-order valence-corrected chi connectivity index (χ4v) is 2.38. The molecule has 0 fully saturated rings. The maximum absolute atomic E-state index is 11.7. The van der Waals surface area contributed by atoms with Gasteiger partial charge in [0.2, 0.25) is 15.8 Å². The van der Waals surface area contributed by atoms with Crippen molar-refractivity contribution in [2.75, 3.05) is 20.3 Å². The van der Waals surface area contributed by atoms with Crippen molar-refractivity contribution in [2.24, 2.45) is 0 Å². The summed E-state index contributed by atoms with van der Waals surface area (Å²) in [6, 6.07) is 0.979. The quantitative estimate of drug-likeness (QED) is 0.711. The molecule has 1 rings (SSSR count). The molecule has 0 saturated carbocycles. The minimum absolute atomic E-state index is 0.0346. The van der Waals surface area contributed by atoms with Gasteiger partial charge in [0, 0.05) is 19.7 Å². The zero-order chi connectivity index (χ0) is 13.1. The zero-order valence-electron chi connectivity index (χ0n) is 9.39. The molecule has 0 radical (unpaired) electrons. The molecule has 0 aliphatic rings. The molecule has 2 N–H and O–H groups in total. The number of sulfonamides is 1. The summed E-state index contributed by atoms with van der Waals surface area (Å²) in [5.41, 5.74) is 0. The molecule has 0 atom stereocenters. The van der Waals surface area contributed by atoms with Crippen molar-refractivity contribution in [3.8, 4) is 0 Å². The lowest BCUT2D eigenvalue weighted by atomic mass is 10.4. The Kier molecular flexibility index (Phi) is 4.27. The highest BCUT2D eigenvalue weighted by Gasteiger charge is 2.23. The van der Waals surface area contributed by atoms with Crippen LogP contribution in [-0.2, 0) is 14.8 Å². The number of carboxylic acids is 1. The van der Waals surface area contributed by atoms with E-state index in [1.54, 1.807) is 0 Å². The Hall–Kier alpha value is -1.38. The van der Waals surface area contributed by atoms with Gasteiger partial charge in [-0.25, -0.2) is 17.9 Å². The first kappa shape index (κ1) is 13.7.